The summed E-state index contributed by atoms with van der Waals surface area (Å²) in [7, 11) is 0. The maximum absolute atomic E-state index is 5.94. The van der Waals surface area contributed by atoms with E-state index < -0.39 is 0 Å². The number of benzene rings is 1. The lowest BCUT2D eigenvalue weighted by atomic mass is 10.3. The second-order valence-corrected chi connectivity index (χ2v) is 4.70. The molecule has 5 heteroatoms. The summed E-state index contributed by atoms with van der Waals surface area (Å²) >= 11 is 11.9. The van der Waals surface area contributed by atoms with Crippen molar-refractivity contribution in [3.63, 3.8) is 0 Å². The molecule has 0 amide bonds. The average Bonchev–Trinajstić information content (AvgIpc) is 2.98. The molecule has 0 spiro atoms. The SMILES string of the molecule is Nc1cc(Cl)c(OCOCC2CC2)c(Cl)c1. The van der Waals surface area contributed by atoms with Gasteiger partial charge in [0.1, 0.15) is 0 Å². The third kappa shape index (κ3) is 3.17. The summed E-state index contributed by atoms with van der Waals surface area (Å²) in [5.74, 6) is 1.13. The van der Waals surface area contributed by atoms with Crippen LogP contribution in [0.2, 0.25) is 10.0 Å². The molecular formula is C11H13Cl2NO2. The van der Waals surface area contributed by atoms with E-state index in [0.29, 0.717) is 27.4 Å². The van der Waals surface area contributed by atoms with Crippen molar-refractivity contribution in [3.8, 4) is 5.75 Å². The fraction of sp³-hybridized carbons (Fsp3) is 0.455. The quantitative estimate of drug-likeness (QED) is 0.503. The summed E-state index contributed by atoms with van der Waals surface area (Å²) < 4.78 is 10.7. The van der Waals surface area contributed by atoms with Gasteiger partial charge in [0.05, 0.1) is 16.7 Å². The normalized spacial score (nSPS) is 15.1. The molecule has 3 nitrogen and oxygen atoms in total. The molecule has 0 unspecified atom stereocenters. The van der Waals surface area contributed by atoms with Crippen molar-refractivity contribution in [1.82, 2.24) is 0 Å². The van der Waals surface area contributed by atoms with Crippen LogP contribution in [0.25, 0.3) is 0 Å². The predicted octanol–water partition coefficient (Wildman–Crippen LogP) is 3.34. The van der Waals surface area contributed by atoms with Crippen LogP contribution in [0.3, 0.4) is 0 Å². The van der Waals surface area contributed by atoms with Crippen molar-refractivity contribution in [3.05, 3.63) is 22.2 Å². The Morgan fingerprint density at radius 3 is 2.44 bits per heavy atom. The van der Waals surface area contributed by atoms with Crippen LogP contribution in [0.15, 0.2) is 12.1 Å². The molecule has 0 bridgehead atoms. The van der Waals surface area contributed by atoms with E-state index in [-0.39, 0.29) is 6.79 Å². The topological polar surface area (TPSA) is 44.5 Å². The van der Waals surface area contributed by atoms with Crippen molar-refractivity contribution in [2.24, 2.45) is 5.92 Å². The molecule has 1 aromatic carbocycles. The van der Waals surface area contributed by atoms with Gasteiger partial charge in [-0.25, -0.2) is 0 Å². The molecule has 0 aromatic heterocycles. The molecule has 1 aliphatic carbocycles. The van der Waals surface area contributed by atoms with Gasteiger partial charge in [-0.2, -0.15) is 0 Å². The van der Waals surface area contributed by atoms with Crippen LogP contribution in [0.1, 0.15) is 12.8 Å². The molecule has 1 aliphatic rings. The largest absolute Gasteiger partial charge is 0.464 e. The number of hydrogen-bond donors (Lipinski definition) is 1. The standard InChI is InChI=1S/C11H13Cl2NO2/c12-9-3-8(14)4-10(13)11(9)16-6-15-5-7-1-2-7/h3-4,7H,1-2,5-6,14H2. The van der Waals surface area contributed by atoms with Crippen LogP contribution in [-0.4, -0.2) is 13.4 Å². The highest BCUT2D eigenvalue weighted by Crippen LogP contribution is 2.35. The lowest BCUT2D eigenvalue weighted by molar-refractivity contribution is 0.0101. The van der Waals surface area contributed by atoms with Gasteiger partial charge in [0.2, 0.25) is 0 Å². The molecule has 16 heavy (non-hydrogen) atoms. The first-order valence-corrected chi connectivity index (χ1v) is 5.87. The van der Waals surface area contributed by atoms with Gasteiger partial charge in [-0.05, 0) is 30.9 Å². The first-order valence-electron chi connectivity index (χ1n) is 5.12. The number of nitrogens with two attached hydrogens (primary N) is 1. The Morgan fingerprint density at radius 2 is 1.88 bits per heavy atom. The molecule has 1 saturated carbocycles. The Bertz CT molecular complexity index is 357. The summed E-state index contributed by atoms with van der Waals surface area (Å²) in [5, 5.41) is 0.806. The van der Waals surface area contributed by atoms with Gasteiger partial charge in [-0.3, -0.25) is 0 Å². The zero-order valence-electron chi connectivity index (χ0n) is 8.71. The van der Waals surface area contributed by atoms with Crippen LogP contribution in [0.4, 0.5) is 5.69 Å². The molecule has 0 aliphatic heterocycles. The van der Waals surface area contributed by atoms with E-state index in [1.54, 1.807) is 12.1 Å². The second-order valence-electron chi connectivity index (χ2n) is 3.89. The van der Waals surface area contributed by atoms with Crippen LogP contribution in [-0.2, 0) is 4.74 Å². The maximum Gasteiger partial charge on any atom is 0.189 e. The molecule has 0 heterocycles. The predicted molar refractivity (Wildman–Crippen MR) is 65.0 cm³/mol. The van der Waals surface area contributed by atoms with E-state index in [1.807, 2.05) is 0 Å². The summed E-state index contributed by atoms with van der Waals surface area (Å²) in [6.07, 6.45) is 2.51. The van der Waals surface area contributed by atoms with E-state index >= 15 is 0 Å². The Balaban J connectivity index is 1.87. The lowest BCUT2D eigenvalue weighted by Crippen LogP contribution is -2.06. The molecule has 1 aromatic rings. The first kappa shape index (κ1) is 11.8. The average molecular weight is 262 g/mol. The third-order valence-corrected chi connectivity index (χ3v) is 2.92. The van der Waals surface area contributed by atoms with E-state index in [1.165, 1.54) is 12.8 Å². The summed E-state index contributed by atoms with van der Waals surface area (Å²) in [5.41, 5.74) is 6.09. The molecule has 1 fully saturated rings. The van der Waals surface area contributed by atoms with Crippen LogP contribution < -0.4 is 10.5 Å². The van der Waals surface area contributed by atoms with Crippen molar-refractivity contribution in [1.29, 1.82) is 0 Å². The zero-order chi connectivity index (χ0) is 11.5. The van der Waals surface area contributed by atoms with Crippen molar-refractivity contribution >= 4 is 28.9 Å². The number of anilines is 1. The Hall–Kier alpha value is -0.640. The molecule has 0 radical (unpaired) electrons. The minimum atomic E-state index is 0.167. The molecule has 88 valence electrons. The lowest BCUT2D eigenvalue weighted by Gasteiger charge is -2.10. The number of ether oxygens (including phenoxy) is 2. The van der Waals surface area contributed by atoms with Crippen molar-refractivity contribution in [2.45, 2.75) is 12.8 Å². The van der Waals surface area contributed by atoms with Crippen molar-refractivity contribution < 1.29 is 9.47 Å². The Labute approximate surface area is 104 Å². The second kappa shape index (κ2) is 5.13. The summed E-state index contributed by atoms with van der Waals surface area (Å²) in [6, 6.07) is 3.20. The van der Waals surface area contributed by atoms with Crippen molar-refractivity contribution in [2.75, 3.05) is 19.1 Å². The first-order chi connectivity index (χ1) is 7.66. The number of hydrogen-bond acceptors (Lipinski definition) is 3. The number of nitrogen functional groups attached to an aromatic ring is 1. The van der Waals surface area contributed by atoms with E-state index in [4.69, 9.17) is 38.4 Å². The number of halogens is 2. The fourth-order valence-corrected chi connectivity index (χ4v) is 1.93. The maximum atomic E-state index is 5.94. The summed E-state index contributed by atoms with van der Waals surface area (Å²) in [6.45, 7) is 0.907. The number of rotatable bonds is 5. The van der Waals surface area contributed by atoms with E-state index in [0.717, 1.165) is 6.61 Å². The van der Waals surface area contributed by atoms with Gasteiger partial charge in [0.15, 0.2) is 12.5 Å². The Kier molecular flexibility index (Phi) is 3.79. The fourth-order valence-electron chi connectivity index (χ4n) is 1.32. The van der Waals surface area contributed by atoms with Crippen LogP contribution in [0, 0.1) is 5.92 Å². The van der Waals surface area contributed by atoms with E-state index in [9.17, 15) is 0 Å². The van der Waals surface area contributed by atoms with Crippen LogP contribution in [0.5, 0.6) is 5.75 Å². The van der Waals surface area contributed by atoms with Crippen LogP contribution >= 0.6 is 23.2 Å². The van der Waals surface area contributed by atoms with Gasteiger partial charge in [0, 0.05) is 5.69 Å². The minimum Gasteiger partial charge on any atom is -0.464 e. The van der Waals surface area contributed by atoms with Gasteiger partial charge in [0.25, 0.3) is 0 Å². The monoisotopic (exact) mass is 261 g/mol. The Morgan fingerprint density at radius 1 is 1.25 bits per heavy atom. The smallest absolute Gasteiger partial charge is 0.189 e. The summed E-state index contributed by atoms with van der Waals surface area (Å²) in [4.78, 5) is 0. The molecule has 0 saturated heterocycles. The third-order valence-electron chi connectivity index (χ3n) is 2.36. The van der Waals surface area contributed by atoms with Gasteiger partial charge < -0.3 is 15.2 Å². The van der Waals surface area contributed by atoms with Gasteiger partial charge in [-0.1, -0.05) is 23.2 Å². The molecule has 2 N–H and O–H groups in total. The highest BCUT2D eigenvalue weighted by molar-refractivity contribution is 6.37. The molecule has 2 rings (SSSR count). The van der Waals surface area contributed by atoms with E-state index in [2.05, 4.69) is 0 Å². The highest BCUT2D eigenvalue weighted by Gasteiger charge is 2.21. The highest BCUT2D eigenvalue weighted by atomic mass is 35.5. The molecular weight excluding hydrogens is 249 g/mol. The van der Waals surface area contributed by atoms with Gasteiger partial charge >= 0.3 is 0 Å². The zero-order valence-corrected chi connectivity index (χ0v) is 10.2. The minimum absolute atomic E-state index is 0.167. The molecule has 0 atom stereocenters. The van der Waals surface area contributed by atoms with Gasteiger partial charge in [-0.15, -0.1) is 0 Å².